The second-order valence-corrected chi connectivity index (χ2v) is 7.90. The molecular formula is C19H27Cl2N5O2. The fourth-order valence-corrected chi connectivity index (χ4v) is 4.58. The SMILES string of the molecule is Cl.O=C(C1CC(c2ccccc2Cl)NN1)N1CCCC(N2CCNCC2=O)C1. The Hall–Kier alpha value is -1.38. The van der Waals surface area contributed by atoms with Crippen LogP contribution in [0, 0.1) is 0 Å². The lowest BCUT2D eigenvalue weighted by atomic mass is 9.99. The molecule has 28 heavy (non-hydrogen) atoms. The second kappa shape index (κ2) is 9.41. The molecule has 1 aromatic carbocycles. The number of amides is 2. The molecule has 3 fully saturated rings. The van der Waals surface area contributed by atoms with Crippen LogP contribution in [0.3, 0.4) is 0 Å². The molecule has 9 heteroatoms. The Morgan fingerprint density at radius 1 is 1.18 bits per heavy atom. The third-order valence-electron chi connectivity index (χ3n) is 5.76. The Balaban J connectivity index is 0.00000225. The highest BCUT2D eigenvalue weighted by Gasteiger charge is 2.37. The van der Waals surface area contributed by atoms with Crippen LogP contribution in [0.15, 0.2) is 24.3 Å². The van der Waals surface area contributed by atoms with Gasteiger partial charge in [-0.1, -0.05) is 29.8 Å². The van der Waals surface area contributed by atoms with Gasteiger partial charge in [0.05, 0.1) is 6.54 Å². The van der Waals surface area contributed by atoms with E-state index in [1.165, 1.54) is 0 Å². The number of hydrogen-bond donors (Lipinski definition) is 3. The number of halogens is 2. The van der Waals surface area contributed by atoms with Gasteiger partial charge in [-0.15, -0.1) is 12.4 Å². The number of piperazine rings is 1. The van der Waals surface area contributed by atoms with Crippen molar-refractivity contribution in [3.63, 3.8) is 0 Å². The quantitative estimate of drug-likeness (QED) is 0.672. The van der Waals surface area contributed by atoms with Crippen LogP contribution in [-0.2, 0) is 9.59 Å². The van der Waals surface area contributed by atoms with Gasteiger partial charge < -0.3 is 15.1 Å². The lowest BCUT2D eigenvalue weighted by Crippen LogP contribution is -2.59. The molecule has 3 aliphatic heterocycles. The fraction of sp³-hybridized carbons (Fsp3) is 0.579. The molecule has 3 N–H and O–H groups in total. The summed E-state index contributed by atoms with van der Waals surface area (Å²) in [6.07, 6.45) is 2.56. The third kappa shape index (κ3) is 4.44. The van der Waals surface area contributed by atoms with Crippen molar-refractivity contribution in [2.45, 2.75) is 37.4 Å². The maximum absolute atomic E-state index is 13.0. The van der Waals surface area contributed by atoms with E-state index in [-0.39, 0.29) is 42.3 Å². The third-order valence-corrected chi connectivity index (χ3v) is 6.10. The molecule has 154 valence electrons. The monoisotopic (exact) mass is 427 g/mol. The van der Waals surface area contributed by atoms with E-state index in [1.807, 2.05) is 34.1 Å². The van der Waals surface area contributed by atoms with E-state index in [0.29, 0.717) is 24.5 Å². The highest BCUT2D eigenvalue weighted by Crippen LogP contribution is 2.29. The van der Waals surface area contributed by atoms with Gasteiger partial charge in [0.25, 0.3) is 0 Å². The minimum Gasteiger partial charge on any atom is -0.339 e. The van der Waals surface area contributed by atoms with Gasteiger partial charge in [0, 0.05) is 43.3 Å². The van der Waals surface area contributed by atoms with Gasteiger partial charge in [0.15, 0.2) is 0 Å². The Morgan fingerprint density at radius 2 is 2.00 bits per heavy atom. The standard InChI is InChI=1S/C19H26ClN5O2.ClH/c20-15-6-2-1-5-14(15)16-10-17(23-22-16)19(27)24-8-3-4-13(12-24)25-9-7-21-11-18(25)26;/h1-2,5-6,13,16-17,21-23H,3-4,7-12H2;1H. The maximum Gasteiger partial charge on any atom is 0.241 e. The summed E-state index contributed by atoms with van der Waals surface area (Å²) in [6.45, 7) is 3.33. The molecule has 0 aliphatic carbocycles. The molecule has 3 atom stereocenters. The molecule has 0 radical (unpaired) electrons. The largest absolute Gasteiger partial charge is 0.339 e. The molecule has 1 aromatic rings. The first kappa shape index (κ1) is 21.3. The molecule has 3 aliphatic rings. The zero-order chi connectivity index (χ0) is 18.8. The topological polar surface area (TPSA) is 76.7 Å². The number of nitrogens with zero attached hydrogens (tertiary/aromatic N) is 2. The lowest BCUT2D eigenvalue weighted by molar-refractivity contribution is -0.141. The summed E-state index contributed by atoms with van der Waals surface area (Å²) in [5.41, 5.74) is 7.36. The molecule has 4 rings (SSSR count). The summed E-state index contributed by atoms with van der Waals surface area (Å²) < 4.78 is 0. The highest BCUT2D eigenvalue weighted by atomic mass is 35.5. The number of likely N-dealkylation sites (tertiary alicyclic amines) is 1. The summed E-state index contributed by atoms with van der Waals surface area (Å²) in [6, 6.07) is 7.59. The van der Waals surface area contributed by atoms with Gasteiger partial charge in [0.2, 0.25) is 11.8 Å². The van der Waals surface area contributed by atoms with Crippen LogP contribution >= 0.6 is 24.0 Å². The van der Waals surface area contributed by atoms with Crippen molar-refractivity contribution in [3.8, 4) is 0 Å². The summed E-state index contributed by atoms with van der Waals surface area (Å²) >= 11 is 6.29. The van der Waals surface area contributed by atoms with Crippen LogP contribution in [0.1, 0.15) is 30.9 Å². The van der Waals surface area contributed by atoms with Crippen molar-refractivity contribution in [2.24, 2.45) is 0 Å². The molecule has 2 amide bonds. The number of nitrogens with one attached hydrogen (secondary N) is 3. The summed E-state index contributed by atoms with van der Waals surface area (Å²) in [5, 5.41) is 3.81. The normalized spacial score (nSPS) is 28.2. The molecule has 3 unspecified atom stereocenters. The van der Waals surface area contributed by atoms with Gasteiger partial charge in [-0.2, -0.15) is 0 Å². The molecule has 0 saturated carbocycles. The van der Waals surface area contributed by atoms with Crippen LogP contribution in [0.5, 0.6) is 0 Å². The number of rotatable bonds is 3. The molecule has 7 nitrogen and oxygen atoms in total. The van der Waals surface area contributed by atoms with Gasteiger partial charge in [-0.05, 0) is 30.9 Å². The van der Waals surface area contributed by atoms with Crippen molar-refractivity contribution in [1.29, 1.82) is 0 Å². The molecule has 3 heterocycles. The molecule has 0 aromatic heterocycles. The molecule has 3 saturated heterocycles. The summed E-state index contributed by atoms with van der Waals surface area (Å²) in [4.78, 5) is 29.1. The van der Waals surface area contributed by atoms with E-state index in [9.17, 15) is 9.59 Å². The maximum atomic E-state index is 13.0. The number of piperidine rings is 1. The minimum absolute atomic E-state index is 0. The Bertz CT molecular complexity index is 719. The molecule has 0 spiro atoms. The summed E-state index contributed by atoms with van der Waals surface area (Å²) in [7, 11) is 0. The summed E-state index contributed by atoms with van der Waals surface area (Å²) in [5.74, 6) is 0.240. The van der Waals surface area contributed by atoms with E-state index in [1.54, 1.807) is 0 Å². The zero-order valence-electron chi connectivity index (χ0n) is 15.7. The van der Waals surface area contributed by atoms with E-state index in [4.69, 9.17) is 11.6 Å². The first-order chi connectivity index (χ1) is 13.1. The van der Waals surface area contributed by atoms with E-state index < -0.39 is 0 Å². The van der Waals surface area contributed by atoms with Crippen LogP contribution in [0.4, 0.5) is 0 Å². The predicted molar refractivity (Wildman–Crippen MR) is 110 cm³/mol. The Kier molecular flexibility index (Phi) is 7.17. The number of carbonyl (C=O) groups excluding carboxylic acids is 2. The number of benzene rings is 1. The van der Waals surface area contributed by atoms with Crippen LogP contribution in [-0.4, -0.2) is 66.4 Å². The fourth-order valence-electron chi connectivity index (χ4n) is 4.32. The Labute approximate surface area is 176 Å². The first-order valence-electron chi connectivity index (χ1n) is 9.68. The smallest absolute Gasteiger partial charge is 0.241 e. The van der Waals surface area contributed by atoms with Gasteiger partial charge in [-0.25, -0.2) is 10.9 Å². The Morgan fingerprint density at radius 3 is 2.79 bits per heavy atom. The highest BCUT2D eigenvalue weighted by molar-refractivity contribution is 6.31. The van der Waals surface area contributed by atoms with Crippen LogP contribution in [0.2, 0.25) is 5.02 Å². The average Bonchev–Trinajstić information content (AvgIpc) is 3.18. The second-order valence-electron chi connectivity index (χ2n) is 7.50. The number of hydrogen-bond acceptors (Lipinski definition) is 5. The van der Waals surface area contributed by atoms with Gasteiger partial charge >= 0.3 is 0 Å². The first-order valence-corrected chi connectivity index (χ1v) is 10.1. The number of hydrazine groups is 1. The van der Waals surface area contributed by atoms with Crippen LogP contribution in [0.25, 0.3) is 0 Å². The van der Waals surface area contributed by atoms with E-state index in [2.05, 4.69) is 16.2 Å². The van der Waals surface area contributed by atoms with Gasteiger partial charge in [0.1, 0.15) is 6.04 Å². The molecule has 0 bridgehead atoms. The average molecular weight is 428 g/mol. The van der Waals surface area contributed by atoms with Crippen molar-refractivity contribution in [2.75, 3.05) is 32.7 Å². The zero-order valence-corrected chi connectivity index (χ0v) is 17.3. The number of carbonyl (C=O) groups is 2. The lowest BCUT2D eigenvalue weighted by Gasteiger charge is -2.41. The van der Waals surface area contributed by atoms with Crippen molar-refractivity contribution in [3.05, 3.63) is 34.9 Å². The van der Waals surface area contributed by atoms with Crippen molar-refractivity contribution >= 4 is 35.8 Å². The minimum atomic E-state index is -0.274. The predicted octanol–water partition coefficient (Wildman–Crippen LogP) is 1.09. The van der Waals surface area contributed by atoms with E-state index >= 15 is 0 Å². The van der Waals surface area contributed by atoms with E-state index in [0.717, 1.165) is 38.0 Å². The van der Waals surface area contributed by atoms with Crippen molar-refractivity contribution < 1.29 is 9.59 Å². The molecular weight excluding hydrogens is 401 g/mol. The van der Waals surface area contributed by atoms with Gasteiger partial charge in [-0.3, -0.25) is 9.59 Å². The van der Waals surface area contributed by atoms with Crippen LogP contribution < -0.4 is 16.2 Å². The van der Waals surface area contributed by atoms with Crippen molar-refractivity contribution in [1.82, 2.24) is 26.0 Å².